The summed E-state index contributed by atoms with van der Waals surface area (Å²) in [4.78, 5) is 28.2. The van der Waals surface area contributed by atoms with E-state index in [1.807, 2.05) is 13.0 Å². The first-order chi connectivity index (χ1) is 14.3. The van der Waals surface area contributed by atoms with Crippen molar-refractivity contribution in [2.24, 2.45) is 0 Å². The first-order valence-electron chi connectivity index (χ1n) is 9.98. The number of benzene rings is 1. The molecule has 1 aromatic carbocycles. The highest BCUT2D eigenvalue weighted by Crippen LogP contribution is 2.31. The molecule has 30 heavy (non-hydrogen) atoms. The van der Waals surface area contributed by atoms with E-state index in [0.717, 1.165) is 24.8 Å². The Morgan fingerprint density at radius 3 is 2.43 bits per heavy atom. The zero-order chi connectivity index (χ0) is 21.3. The fraction of sp³-hybridized carbons (Fsp3) is 0.429. The smallest absolute Gasteiger partial charge is 0.348 e. The molecule has 1 aliphatic heterocycles. The molecular formula is C21H24N2O5S2. The van der Waals surface area contributed by atoms with Crippen molar-refractivity contribution in [3.05, 3.63) is 51.2 Å². The second-order valence-electron chi connectivity index (χ2n) is 7.59. The SMILES string of the molecule is Cc1ccc(S(=O)(=O)N2CCN(C(=O)COC(=O)c3cc4c(s3)CCC4)CC2)cc1. The largest absolute Gasteiger partial charge is 0.451 e. The van der Waals surface area contributed by atoms with E-state index in [-0.39, 0.29) is 43.6 Å². The highest BCUT2D eigenvalue weighted by Gasteiger charge is 2.30. The highest BCUT2D eigenvalue weighted by atomic mass is 32.2. The Kier molecular flexibility index (Phi) is 5.95. The van der Waals surface area contributed by atoms with Gasteiger partial charge in [0.25, 0.3) is 5.91 Å². The molecule has 0 radical (unpaired) electrons. The van der Waals surface area contributed by atoms with Gasteiger partial charge < -0.3 is 9.64 Å². The van der Waals surface area contributed by atoms with Gasteiger partial charge in [0.2, 0.25) is 10.0 Å². The first kappa shape index (κ1) is 21.0. The van der Waals surface area contributed by atoms with Crippen molar-refractivity contribution in [2.75, 3.05) is 32.8 Å². The number of carbonyl (C=O) groups excluding carboxylic acids is 2. The number of esters is 1. The molecule has 0 saturated carbocycles. The summed E-state index contributed by atoms with van der Waals surface area (Å²) >= 11 is 1.45. The van der Waals surface area contributed by atoms with Crippen molar-refractivity contribution in [2.45, 2.75) is 31.1 Å². The van der Waals surface area contributed by atoms with Gasteiger partial charge in [-0.25, -0.2) is 13.2 Å². The van der Waals surface area contributed by atoms with Gasteiger partial charge >= 0.3 is 5.97 Å². The van der Waals surface area contributed by atoms with E-state index in [9.17, 15) is 18.0 Å². The molecule has 0 spiro atoms. The lowest BCUT2D eigenvalue weighted by atomic mass is 10.2. The fourth-order valence-electron chi connectivity index (χ4n) is 3.76. The predicted octanol–water partition coefficient (Wildman–Crippen LogP) is 2.24. The topological polar surface area (TPSA) is 84.0 Å². The van der Waals surface area contributed by atoms with Crippen molar-refractivity contribution in [3.8, 4) is 0 Å². The average Bonchev–Trinajstić information content (AvgIpc) is 3.34. The summed E-state index contributed by atoms with van der Waals surface area (Å²) in [6, 6.07) is 8.60. The molecule has 1 aliphatic carbocycles. The van der Waals surface area contributed by atoms with Gasteiger partial charge in [0.15, 0.2) is 6.61 Å². The van der Waals surface area contributed by atoms with Gasteiger partial charge in [-0.2, -0.15) is 4.31 Å². The number of nitrogens with zero attached hydrogens (tertiary/aromatic N) is 2. The molecule has 9 heteroatoms. The van der Waals surface area contributed by atoms with E-state index in [2.05, 4.69) is 0 Å². The number of rotatable bonds is 5. The van der Waals surface area contributed by atoms with Crippen LogP contribution in [-0.4, -0.2) is 62.3 Å². The minimum absolute atomic E-state index is 0.216. The van der Waals surface area contributed by atoms with Crippen LogP contribution in [0.2, 0.25) is 0 Å². The van der Waals surface area contributed by atoms with Crippen molar-refractivity contribution in [1.29, 1.82) is 0 Å². The van der Waals surface area contributed by atoms with Crippen LogP contribution in [0.1, 0.15) is 32.1 Å². The third kappa shape index (κ3) is 4.28. The minimum Gasteiger partial charge on any atom is -0.451 e. The standard InChI is InChI=1S/C21H24N2O5S2/c1-15-5-7-17(8-6-15)30(26,27)23-11-9-22(10-12-23)20(24)14-28-21(25)19-13-16-3-2-4-18(16)29-19/h5-8,13H,2-4,9-12,14H2,1H3. The van der Waals surface area contributed by atoms with Crippen LogP contribution in [0.15, 0.2) is 35.2 Å². The zero-order valence-electron chi connectivity index (χ0n) is 16.8. The second-order valence-corrected chi connectivity index (χ2v) is 10.7. The maximum atomic E-state index is 12.8. The predicted molar refractivity (Wildman–Crippen MR) is 113 cm³/mol. The zero-order valence-corrected chi connectivity index (χ0v) is 18.4. The van der Waals surface area contributed by atoms with Crippen molar-refractivity contribution in [3.63, 3.8) is 0 Å². The third-order valence-electron chi connectivity index (χ3n) is 5.52. The summed E-state index contributed by atoms with van der Waals surface area (Å²) < 4.78 is 32.1. The van der Waals surface area contributed by atoms with Crippen LogP contribution in [0.5, 0.6) is 0 Å². The lowest BCUT2D eigenvalue weighted by molar-refractivity contribution is -0.135. The molecule has 0 N–H and O–H groups in total. The number of thiophene rings is 1. The van der Waals surface area contributed by atoms with Gasteiger partial charge in [0, 0.05) is 31.1 Å². The molecule has 2 aromatic rings. The number of amides is 1. The van der Waals surface area contributed by atoms with E-state index >= 15 is 0 Å². The van der Waals surface area contributed by atoms with E-state index in [1.165, 1.54) is 26.1 Å². The van der Waals surface area contributed by atoms with Crippen molar-refractivity contribution in [1.82, 2.24) is 9.21 Å². The van der Waals surface area contributed by atoms with Crippen LogP contribution in [0.3, 0.4) is 0 Å². The van der Waals surface area contributed by atoms with Gasteiger partial charge in [0.05, 0.1) is 4.90 Å². The van der Waals surface area contributed by atoms with E-state index in [4.69, 9.17) is 4.74 Å². The fourth-order valence-corrected chi connectivity index (χ4v) is 6.33. The number of aryl methyl sites for hydroxylation is 3. The van der Waals surface area contributed by atoms with Gasteiger partial charge in [0.1, 0.15) is 4.88 Å². The molecule has 1 saturated heterocycles. The molecule has 0 bridgehead atoms. The molecule has 2 aliphatic rings. The van der Waals surface area contributed by atoms with Crippen LogP contribution < -0.4 is 0 Å². The average molecular weight is 449 g/mol. The number of ether oxygens (including phenoxy) is 1. The maximum Gasteiger partial charge on any atom is 0.348 e. The number of hydrogen-bond donors (Lipinski definition) is 0. The monoisotopic (exact) mass is 448 g/mol. The Hall–Kier alpha value is -2.23. The molecule has 1 fully saturated rings. The lowest BCUT2D eigenvalue weighted by Crippen LogP contribution is -2.51. The van der Waals surface area contributed by atoms with E-state index in [0.29, 0.717) is 4.88 Å². The van der Waals surface area contributed by atoms with E-state index in [1.54, 1.807) is 29.2 Å². The molecule has 7 nitrogen and oxygen atoms in total. The molecule has 0 unspecified atom stereocenters. The van der Waals surface area contributed by atoms with Gasteiger partial charge in [-0.05, 0) is 49.9 Å². The number of fused-ring (bicyclic) bond motifs is 1. The minimum atomic E-state index is -3.58. The van der Waals surface area contributed by atoms with Crippen LogP contribution >= 0.6 is 11.3 Å². The molecule has 1 amide bonds. The highest BCUT2D eigenvalue weighted by molar-refractivity contribution is 7.89. The Bertz CT molecular complexity index is 1030. The second kappa shape index (κ2) is 8.49. The molecule has 160 valence electrons. The molecule has 0 atom stereocenters. The third-order valence-corrected chi connectivity index (χ3v) is 8.65. The summed E-state index contributed by atoms with van der Waals surface area (Å²) in [6.07, 6.45) is 3.12. The molecule has 2 heterocycles. The molecule has 1 aromatic heterocycles. The Balaban J connectivity index is 1.28. The first-order valence-corrected chi connectivity index (χ1v) is 12.2. The summed E-state index contributed by atoms with van der Waals surface area (Å²) in [6.45, 7) is 2.55. The van der Waals surface area contributed by atoms with E-state index < -0.39 is 16.0 Å². The Labute approximate surface area is 180 Å². The van der Waals surface area contributed by atoms with Crippen LogP contribution in [0.4, 0.5) is 0 Å². The number of sulfonamides is 1. The maximum absolute atomic E-state index is 12.8. The van der Waals surface area contributed by atoms with Crippen LogP contribution in [0, 0.1) is 6.92 Å². The number of carbonyl (C=O) groups is 2. The summed E-state index contributed by atoms with van der Waals surface area (Å²) in [5.41, 5.74) is 2.20. The Morgan fingerprint density at radius 1 is 1.07 bits per heavy atom. The summed E-state index contributed by atoms with van der Waals surface area (Å²) in [5, 5.41) is 0. The van der Waals surface area contributed by atoms with Crippen LogP contribution in [0.25, 0.3) is 0 Å². The Morgan fingerprint density at radius 2 is 1.77 bits per heavy atom. The number of piperazine rings is 1. The summed E-state index contributed by atoms with van der Waals surface area (Å²) in [7, 11) is -3.58. The molecular weight excluding hydrogens is 424 g/mol. The quantitative estimate of drug-likeness (QED) is 0.655. The van der Waals surface area contributed by atoms with Gasteiger partial charge in [-0.1, -0.05) is 17.7 Å². The normalized spacial score (nSPS) is 17.0. The van der Waals surface area contributed by atoms with Crippen molar-refractivity contribution < 1.29 is 22.7 Å². The number of hydrogen-bond acceptors (Lipinski definition) is 6. The van der Waals surface area contributed by atoms with Crippen molar-refractivity contribution >= 4 is 33.2 Å². The van der Waals surface area contributed by atoms with Gasteiger partial charge in [-0.15, -0.1) is 11.3 Å². The summed E-state index contributed by atoms with van der Waals surface area (Å²) in [5.74, 6) is -0.775. The van der Waals surface area contributed by atoms with Gasteiger partial charge in [-0.3, -0.25) is 4.79 Å². The molecule has 4 rings (SSSR count). The van der Waals surface area contributed by atoms with Crippen LogP contribution in [-0.2, 0) is 32.4 Å². The lowest BCUT2D eigenvalue weighted by Gasteiger charge is -2.33.